The van der Waals surface area contributed by atoms with Gasteiger partial charge in [-0.1, -0.05) is 0 Å². The summed E-state index contributed by atoms with van der Waals surface area (Å²) in [6.07, 6.45) is -9.51. The van der Waals surface area contributed by atoms with Crippen molar-refractivity contribution < 1.29 is 40.3 Å². The predicted octanol–water partition coefficient (Wildman–Crippen LogP) is 4.21. The largest absolute Gasteiger partial charge is 0.445 e. The van der Waals surface area contributed by atoms with Crippen molar-refractivity contribution in [2.24, 2.45) is 0 Å². The van der Waals surface area contributed by atoms with Crippen LogP contribution in [0.4, 0.5) is 35.5 Å². The lowest BCUT2D eigenvalue weighted by molar-refractivity contribution is -0.141. The Hall–Kier alpha value is -2.79. The number of aromatic nitrogens is 2. The van der Waals surface area contributed by atoms with Crippen LogP contribution in [0, 0.1) is 5.82 Å². The number of carbonyl (C=O) groups is 1. The number of carbonyl (C=O) groups excluding carboxylic acids is 1. The smallest absolute Gasteiger partial charge is 0.434 e. The number of hydrogen-bond donors (Lipinski definition) is 0. The molecule has 5 nitrogen and oxygen atoms in total. The average molecular weight is 411 g/mol. The highest BCUT2D eigenvalue weighted by Crippen LogP contribution is 2.31. The lowest BCUT2D eigenvalue weighted by atomic mass is 10.1. The van der Waals surface area contributed by atoms with Gasteiger partial charge in [-0.25, -0.2) is 14.2 Å². The molecule has 0 aliphatic carbocycles. The summed E-state index contributed by atoms with van der Waals surface area (Å²) < 4.78 is 95.6. The lowest BCUT2D eigenvalue weighted by Gasteiger charge is -2.26. The van der Waals surface area contributed by atoms with Gasteiger partial charge in [0.2, 0.25) is 0 Å². The van der Waals surface area contributed by atoms with Gasteiger partial charge in [0.15, 0.2) is 5.69 Å². The summed E-state index contributed by atoms with van der Waals surface area (Å²) >= 11 is 0. The monoisotopic (exact) mass is 411 g/mol. The number of amides is 1. The Kier molecular flexibility index (Phi) is 4.98. The molecule has 0 N–H and O–H groups in total. The highest BCUT2D eigenvalue weighted by molar-refractivity contribution is 5.67. The fraction of sp³-hybridized carbons (Fsp3) is 0.375. The summed E-state index contributed by atoms with van der Waals surface area (Å²) in [6, 6.07) is 1.75. The van der Waals surface area contributed by atoms with Crippen molar-refractivity contribution in [3.63, 3.8) is 0 Å². The van der Waals surface area contributed by atoms with E-state index in [0.717, 1.165) is 17.2 Å². The SMILES string of the molecule is O=C(OCc1cc(F)cc(C(F)(F)F)c1)N1CCn2cc(C(F)(F)F)nc2C1. The fourth-order valence-electron chi connectivity index (χ4n) is 2.68. The number of nitrogens with zero attached hydrogens (tertiary/aromatic N) is 3. The van der Waals surface area contributed by atoms with Crippen LogP contribution in [0.5, 0.6) is 0 Å². The van der Waals surface area contributed by atoms with Crippen molar-refractivity contribution in [1.82, 2.24) is 14.5 Å². The van der Waals surface area contributed by atoms with Gasteiger partial charge in [-0.2, -0.15) is 26.3 Å². The van der Waals surface area contributed by atoms with Crippen LogP contribution in [-0.4, -0.2) is 27.1 Å². The standard InChI is InChI=1S/C16H12F7N3O2/c17-11-4-9(3-10(5-11)15(18,19)20)8-28-14(27)26-2-1-25-6-12(16(21,22)23)24-13(25)7-26/h3-6H,1-2,7-8H2. The third-order valence-corrected chi connectivity index (χ3v) is 4.00. The van der Waals surface area contributed by atoms with Crippen molar-refractivity contribution in [2.75, 3.05) is 6.54 Å². The van der Waals surface area contributed by atoms with E-state index in [1.54, 1.807) is 0 Å². The number of benzene rings is 1. The second-order valence-electron chi connectivity index (χ2n) is 6.06. The molecule has 2 aromatic rings. The van der Waals surface area contributed by atoms with Gasteiger partial charge in [-0.05, 0) is 23.8 Å². The highest BCUT2D eigenvalue weighted by atomic mass is 19.4. The minimum absolute atomic E-state index is 0.000591. The van der Waals surface area contributed by atoms with Crippen LogP contribution in [0.25, 0.3) is 0 Å². The van der Waals surface area contributed by atoms with E-state index in [0.29, 0.717) is 12.1 Å². The van der Waals surface area contributed by atoms with Gasteiger partial charge in [0.05, 0.1) is 12.1 Å². The first-order chi connectivity index (χ1) is 12.9. The van der Waals surface area contributed by atoms with Crippen molar-refractivity contribution in [2.45, 2.75) is 32.0 Å². The van der Waals surface area contributed by atoms with Crippen molar-refractivity contribution >= 4 is 6.09 Å². The van der Waals surface area contributed by atoms with Gasteiger partial charge in [-0.15, -0.1) is 0 Å². The molecule has 12 heteroatoms. The average Bonchev–Trinajstić information content (AvgIpc) is 3.02. The molecule has 0 saturated carbocycles. The van der Waals surface area contributed by atoms with Crippen LogP contribution >= 0.6 is 0 Å². The Balaban J connectivity index is 1.65. The van der Waals surface area contributed by atoms with Gasteiger partial charge < -0.3 is 9.30 Å². The summed E-state index contributed by atoms with van der Waals surface area (Å²) in [7, 11) is 0. The number of ether oxygens (including phenoxy) is 1. The molecule has 1 aliphatic heterocycles. The summed E-state index contributed by atoms with van der Waals surface area (Å²) in [5.41, 5.74) is -2.52. The topological polar surface area (TPSA) is 47.4 Å². The molecule has 0 atom stereocenters. The van der Waals surface area contributed by atoms with E-state index < -0.39 is 42.1 Å². The minimum atomic E-state index is -4.76. The number of fused-ring (bicyclic) bond motifs is 1. The molecule has 152 valence electrons. The first-order valence-electron chi connectivity index (χ1n) is 7.85. The van der Waals surface area contributed by atoms with E-state index in [-0.39, 0.29) is 31.0 Å². The molecule has 28 heavy (non-hydrogen) atoms. The van der Waals surface area contributed by atoms with Crippen molar-refractivity contribution in [3.05, 3.63) is 52.9 Å². The van der Waals surface area contributed by atoms with Gasteiger partial charge in [0, 0.05) is 19.3 Å². The zero-order valence-corrected chi connectivity index (χ0v) is 13.9. The van der Waals surface area contributed by atoms with Crippen LogP contribution in [0.2, 0.25) is 0 Å². The van der Waals surface area contributed by atoms with E-state index in [2.05, 4.69) is 4.98 Å². The maximum absolute atomic E-state index is 13.3. The van der Waals surface area contributed by atoms with Crippen LogP contribution in [0.3, 0.4) is 0 Å². The Labute approximate surface area is 153 Å². The summed E-state index contributed by atoms with van der Waals surface area (Å²) in [5.74, 6) is -1.14. The van der Waals surface area contributed by atoms with E-state index in [9.17, 15) is 35.5 Å². The lowest BCUT2D eigenvalue weighted by Crippen LogP contribution is -2.38. The molecular formula is C16H12F7N3O2. The van der Waals surface area contributed by atoms with Crippen LogP contribution < -0.4 is 0 Å². The first kappa shape index (κ1) is 20.0. The summed E-state index contributed by atoms with van der Waals surface area (Å²) in [5, 5.41) is 0. The maximum atomic E-state index is 13.3. The second kappa shape index (κ2) is 6.99. The van der Waals surface area contributed by atoms with Crippen LogP contribution in [0.1, 0.15) is 22.6 Å². The number of alkyl halides is 6. The maximum Gasteiger partial charge on any atom is 0.434 e. The molecule has 0 fully saturated rings. The van der Waals surface area contributed by atoms with Gasteiger partial charge >= 0.3 is 18.4 Å². The number of halogens is 7. The van der Waals surface area contributed by atoms with E-state index >= 15 is 0 Å². The Morgan fingerprint density at radius 1 is 1.07 bits per heavy atom. The predicted molar refractivity (Wildman–Crippen MR) is 79.2 cm³/mol. The van der Waals surface area contributed by atoms with E-state index in [1.807, 2.05) is 0 Å². The second-order valence-corrected chi connectivity index (χ2v) is 6.06. The first-order valence-corrected chi connectivity index (χ1v) is 7.85. The zero-order valence-electron chi connectivity index (χ0n) is 13.9. The summed E-state index contributed by atoms with van der Waals surface area (Å²) in [4.78, 5) is 16.6. The molecule has 1 aromatic carbocycles. The number of rotatable bonds is 2. The Bertz CT molecular complexity index is 889. The molecule has 0 saturated heterocycles. The van der Waals surface area contributed by atoms with E-state index in [1.165, 1.54) is 4.57 Å². The molecule has 1 amide bonds. The van der Waals surface area contributed by atoms with Gasteiger partial charge in [0.25, 0.3) is 0 Å². The molecule has 2 heterocycles. The van der Waals surface area contributed by atoms with Crippen LogP contribution in [-0.2, 0) is 36.8 Å². The third-order valence-electron chi connectivity index (χ3n) is 4.00. The molecule has 0 unspecified atom stereocenters. The third kappa shape index (κ3) is 4.37. The van der Waals surface area contributed by atoms with Crippen molar-refractivity contribution in [3.8, 4) is 0 Å². The molecular weight excluding hydrogens is 399 g/mol. The van der Waals surface area contributed by atoms with Gasteiger partial charge in [0.1, 0.15) is 18.2 Å². The zero-order chi connectivity index (χ0) is 20.7. The van der Waals surface area contributed by atoms with Crippen molar-refractivity contribution in [1.29, 1.82) is 0 Å². The molecule has 0 bridgehead atoms. The molecule has 3 rings (SSSR count). The Morgan fingerprint density at radius 3 is 2.43 bits per heavy atom. The quantitative estimate of drug-likeness (QED) is 0.696. The molecule has 1 aromatic heterocycles. The minimum Gasteiger partial charge on any atom is -0.445 e. The fourth-order valence-corrected chi connectivity index (χ4v) is 2.68. The number of hydrogen-bond acceptors (Lipinski definition) is 3. The summed E-state index contributed by atoms with van der Waals surface area (Å²) in [6.45, 7) is -0.813. The molecule has 1 aliphatic rings. The molecule has 0 radical (unpaired) electrons. The highest BCUT2D eigenvalue weighted by Gasteiger charge is 2.36. The molecule has 0 spiro atoms. The Morgan fingerprint density at radius 2 is 1.79 bits per heavy atom. The van der Waals surface area contributed by atoms with E-state index in [4.69, 9.17) is 4.74 Å². The normalized spacial score (nSPS) is 14.8. The van der Waals surface area contributed by atoms with Gasteiger partial charge in [-0.3, -0.25) is 4.90 Å². The number of imidazole rings is 1. The van der Waals surface area contributed by atoms with Crippen LogP contribution in [0.15, 0.2) is 24.4 Å².